The largest absolute Gasteiger partial charge is 0.322 e. The summed E-state index contributed by atoms with van der Waals surface area (Å²) < 4.78 is 14.7. The highest BCUT2D eigenvalue weighted by Crippen LogP contribution is 2.16. The molecule has 1 amide bonds. The van der Waals surface area contributed by atoms with Crippen LogP contribution < -0.4 is 10.9 Å². The van der Waals surface area contributed by atoms with E-state index in [1.54, 1.807) is 12.1 Å². The molecule has 2 aromatic carbocycles. The second-order valence-electron chi connectivity index (χ2n) is 5.79. The van der Waals surface area contributed by atoms with E-state index in [0.29, 0.717) is 5.69 Å². The van der Waals surface area contributed by atoms with Gasteiger partial charge in [0.05, 0.1) is 11.4 Å². The highest BCUT2D eigenvalue weighted by atomic mass is 19.1. The number of nitrogens with one attached hydrogen (secondary N) is 1. The minimum Gasteiger partial charge on any atom is -0.322 e. The first-order chi connectivity index (χ1) is 12.6. The monoisotopic (exact) mass is 351 g/mol. The number of anilines is 1. The third-order valence-electron chi connectivity index (χ3n) is 3.97. The quantitative estimate of drug-likeness (QED) is 0.767. The van der Waals surface area contributed by atoms with Crippen molar-refractivity contribution in [3.63, 3.8) is 0 Å². The summed E-state index contributed by atoms with van der Waals surface area (Å²) in [4.78, 5) is 24.1. The molecule has 1 N–H and O–H groups in total. The number of amides is 1. The molecule has 1 heterocycles. The molecule has 0 atom stereocenters. The van der Waals surface area contributed by atoms with E-state index in [2.05, 4.69) is 17.3 Å². The SMILES string of the molecule is CCc1ccc(-c2ccc(=O)n(CC(=O)Nc3ccccc3F)n2)cc1. The molecule has 0 bridgehead atoms. The average Bonchev–Trinajstić information content (AvgIpc) is 2.65. The second-order valence-corrected chi connectivity index (χ2v) is 5.79. The van der Waals surface area contributed by atoms with E-state index in [1.807, 2.05) is 24.3 Å². The highest BCUT2D eigenvalue weighted by molar-refractivity contribution is 5.90. The van der Waals surface area contributed by atoms with Crippen molar-refractivity contribution in [2.24, 2.45) is 0 Å². The van der Waals surface area contributed by atoms with Crippen molar-refractivity contribution in [3.8, 4) is 11.3 Å². The van der Waals surface area contributed by atoms with E-state index in [1.165, 1.54) is 29.8 Å². The smallest absolute Gasteiger partial charge is 0.267 e. The molecule has 26 heavy (non-hydrogen) atoms. The van der Waals surface area contributed by atoms with Crippen LogP contribution in [0.5, 0.6) is 0 Å². The van der Waals surface area contributed by atoms with Gasteiger partial charge < -0.3 is 5.32 Å². The van der Waals surface area contributed by atoms with Crippen molar-refractivity contribution in [1.29, 1.82) is 0 Å². The Balaban J connectivity index is 1.80. The number of carbonyl (C=O) groups is 1. The lowest BCUT2D eigenvalue weighted by Gasteiger charge is -2.09. The molecule has 6 heteroatoms. The van der Waals surface area contributed by atoms with E-state index in [4.69, 9.17) is 0 Å². The summed E-state index contributed by atoms with van der Waals surface area (Å²) >= 11 is 0. The summed E-state index contributed by atoms with van der Waals surface area (Å²) in [5.41, 5.74) is 2.31. The minimum absolute atomic E-state index is 0.0665. The van der Waals surface area contributed by atoms with E-state index < -0.39 is 17.3 Å². The van der Waals surface area contributed by atoms with Gasteiger partial charge in [0.2, 0.25) is 5.91 Å². The molecule has 3 rings (SSSR count). The molecular formula is C20H18FN3O2. The maximum atomic E-state index is 13.6. The topological polar surface area (TPSA) is 64.0 Å². The Hall–Kier alpha value is -3.28. The average molecular weight is 351 g/mol. The second kappa shape index (κ2) is 7.74. The van der Waals surface area contributed by atoms with Crippen molar-refractivity contribution in [1.82, 2.24) is 9.78 Å². The summed E-state index contributed by atoms with van der Waals surface area (Å²) in [6, 6.07) is 16.7. The summed E-state index contributed by atoms with van der Waals surface area (Å²) in [5, 5.41) is 6.70. The molecule has 0 fully saturated rings. The molecule has 0 aliphatic carbocycles. The first kappa shape index (κ1) is 17.5. The fourth-order valence-electron chi connectivity index (χ4n) is 2.52. The first-order valence-corrected chi connectivity index (χ1v) is 8.28. The van der Waals surface area contributed by atoms with Crippen LogP contribution in [0.3, 0.4) is 0 Å². The minimum atomic E-state index is -0.536. The number of aryl methyl sites for hydroxylation is 1. The van der Waals surface area contributed by atoms with Crippen LogP contribution in [0.4, 0.5) is 10.1 Å². The van der Waals surface area contributed by atoms with Gasteiger partial charge in [-0.25, -0.2) is 9.07 Å². The third-order valence-corrected chi connectivity index (χ3v) is 3.97. The van der Waals surface area contributed by atoms with Crippen LogP contribution in [0, 0.1) is 5.82 Å². The third kappa shape index (κ3) is 4.03. The molecule has 0 aliphatic heterocycles. The van der Waals surface area contributed by atoms with Gasteiger partial charge in [-0.2, -0.15) is 5.10 Å². The number of benzene rings is 2. The van der Waals surface area contributed by atoms with Gasteiger partial charge in [-0.1, -0.05) is 43.3 Å². The van der Waals surface area contributed by atoms with E-state index in [-0.39, 0.29) is 12.2 Å². The van der Waals surface area contributed by atoms with Crippen molar-refractivity contribution in [3.05, 3.63) is 82.4 Å². The normalized spacial score (nSPS) is 10.5. The maximum absolute atomic E-state index is 13.6. The van der Waals surface area contributed by atoms with Crippen LogP contribution >= 0.6 is 0 Å². The van der Waals surface area contributed by atoms with Gasteiger partial charge in [-0.15, -0.1) is 0 Å². The number of carbonyl (C=O) groups excluding carboxylic acids is 1. The number of hydrogen-bond donors (Lipinski definition) is 1. The van der Waals surface area contributed by atoms with E-state index in [0.717, 1.165) is 16.7 Å². The number of aromatic nitrogens is 2. The molecule has 0 saturated heterocycles. The predicted octanol–water partition coefficient (Wildman–Crippen LogP) is 3.25. The van der Waals surface area contributed by atoms with Crippen LogP contribution in [0.2, 0.25) is 0 Å². The number of nitrogens with zero attached hydrogens (tertiary/aromatic N) is 2. The number of para-hydroxylation sites is 1. The van der Waals surface area contributed by atoms with Crippen molar-refractivity contribution < 1.29 is 9.18 Å². The number of halogens is 1. The fraction of sp³-hybridized carbons (Fsp3) is 0.150. The van der Waals surface area contributed by atoms with Crippen LogP contribution in [-0.2, 0) is 17.8 Å². The van der Waals surface area contributed by atoms with Gasteiger partial charge >= 0.3 is 0 Å². The molecule has 0 spiro atoms. The van der Waals surface area contributed by atoms with Crippen molar-refractivity contribution in [2.75, 3.05) is 5.32 Å². The van der Waals surface area contributed by atoms with Gasteiger partial charge in [0.15, 0.2) is 0 Å². The molecular weight excluding hydrogens is 333 g/mol. The number of rotatable bonds is 5. The van der Waals surface area contributed by atoms with Crippen molar-refractivity contribution in [2.45, 2.75) is 19.9 Å². The molecule has 0 unspecified atom stereocenters. The summed E-state index contributed by atoms with van der Waals surface area (Å²) in [5.74, 6) is -1.06. The predicted molar refractivity (Wildman–Crippen MR) is 98.3 cm³/mol. The van der Waals surface area contributed by atoms with Crippen molar-refractivity contribution >= 4 is 11.6 Å². The summed E-state index contributed by atoms with van der Waals surface area (Å²) in [7, 11) is 0. The summed E-state index contributed by atoms with van der Waals surface area (Å²) in [6.07, 6.45) is 0.934. The molecule has 3 aromatic rings. The zero-order chi connectivity index (χ0) is 18.5. The van der Waals surface area contributed by atoms with E-state index in [9.17, 15) is 14.0 Å². The molecule has 1 aromatic heterocycles. The fourth-order valence-corrected chi connectivity index (χ4v) is 2.52. The Labute approximate surface area is 150 Å². The Morgan fingerprint density at radius 2 is 1.81 bits per heavy atom. The van der Waals surface area contributed by atoms with Gasteiger partial charge in [-0.05, 0) is 30.2 Å². The Kier molecular flexibility index (Phi) is 5.22. The maximum Gasteiger partial charge on any atom is 0.267 e. The van der Waals surface area contributed by atoms with Crippen LogP contribution in [0.1, 0.15) is 12.5 Å². The molecule has 0 aliphatic rings. The standard InChI is InChI=1S/C20H18FN3O2/c1-2-14-7-9-15(10-8-14)17-11-12-20(26)24(23-17)13-19(25)22-18-6-4-3-5-16(18)21/h3-12H,2,13H2,1H3,(H,22,25). The Morgan fingerprint density at radius 3 is 2.50 bits per heavy atom. The van der Waals surface area contributed by atoms with Gasteiger partial charge in [0.25, 0.3) is 5.56 Å². The van der Waals surface area contributed by atoms with Crippen LogP contribution in [-0.4, -0.2) is 15.7 Å². The van der Waals surface area contributed by atoms with E-state index >= 15 is 0 Å². The lowest BCUT2D eigenvalue weighted by atomic mass is 10.1. The van der Waals surface area contributed by atoms with Gasteiger partial charge in [0, 0.05) is 11.6 Å². The zero-order valence-electron chi connectivity index (χ0n) is 14.3. The zero-order valence-corrected chi connectivity index (χ0v) is 14.3. The first-order valence-electron chi connectivity index (χ1n) is 8.28. The van der Waals surface area contributed by atoms with Gasteiger partial charge in [0.1, 0.15) is 12.4 Å². The summed E-state index contributed by atoms with van der Waals surface area (Å²) in [6.45, 7) is 1.77. The molecule has 132 valence electrons. The number of hydrogen-bond acceptors (Lipinski definition) is 3. The molecule has 0 radical (unpaired) electrons. The Bertz CT molecular complexity index is 981. The van der Waals surface area contributed by atoms with Crippen LogP contribution in [0.15, 0.2) is 65.5 Å². The van der Waals surface area contributed by atoms with Crippen LogP contribution in [0.25, 0.3) is 11.3 Å². The molecule has 5 nitrogen and oxygen atoms in total. The lowest BCUT2D eigenvalue weighted by molar-refractivity contribution is -0.117. The highest BCUT2D eigenvalue weighted by Gasteiger charge is 2.10. The van der Waals surface area contributed by atoms with Gasteiger partial charge in [-0.3, -0.25) is 9.59 Å². The lowest BCUT2D eigenvalue weighted by Crippen LogP contribution is -2.29. The molecule has 0 saturated carbocycles. The Morgan fingerprint density at radius 1 is 1.08 bits per heavy atom.